The third-order valence-electron chi connectivity index (χ3n) is 3.16. The van der Waals surface area contributed by atoms with Crippen LogP contribution in [0.4, 0.5) is 0 Å². The zero-order valence-corrected chi connectivity index (χ0v) is 9.18. The molecule has 78 valence electrons. The van der Waals surface area contributed by atoms with Crippen molar-refractivity contribution in [3.8, 4) is 0 Å². The Morgan fingerprint density at radius 2 is 2.15 bits per heavy atom. The molecular formula is C9H19NO2S. The summed E-state index contributed by atoms with van der Waals surface area (Å²) in [5, 5.41) is 0. The Balaban J connectivity index is 2.56. The van der Waals surface area contributed by atoms with Crippen LogP contribution in [0, 0.1) is 11.8 Å². The van der Waals surface area contributed by atoms with Crippen molar-refractivity contribution < 1.29 is 8.42 Å². The Morgan fingerprint density at radius 1 is 1.54 bits per heavy atom. The third kappa shape index (κ3) is 2.68. The van der Waals surface area contributed by atoms with Gasteiger partial charge in [-0.15, -0.1) is 0 Å². The van der Waals surface area contributed by atoms with Crippen LogP contribution in [0.2, 0.25) is 0 Å². The van der Waals surface area contributed by atoms with Gasteiger partial charge in [-0.05, 0) is 24.7 Å². The zero-order chi connectivity index (χ0) is 10.1. The van der Waals surface area contributed by atoms with Crippen LogP contribution < -0.4 is 5.73 Å². The van der Waals surface area contributed by atoms with Crippen LogP contribution in [-0.4, -0.2) is 26.0 Å². The Bertz CT molecular complexity index is 261. The summed E-state index contributed by atoms with van der Waals surface area (Å²) in [6.45, 7) is 4.12. The smallest absolute Gasteiger partial charge is 0.150 e. The molecule has 0 aromatic rings. The number of hydrogen-bond donors (Lipinski definition) is 1. The van der Waals surface area contributed by atoms with Crippen LogP contribution in [0.15, 0.2) is 0 Å². The molecule has 0 radical (unpaired) electrons. The fraction of sp³-hybridized carbons (Fsp3) is 1.00. The van der Waals surface area contributed by atoms with E-state index in [1.165, 1.54) is 0 Å². The molecule has 0 aromatic heterocycles. The summed E-state index contributed by atoms with van der Waals surface area (Å²) in [7, 11) is -2.74. The average molecular weight is 205 g/mol. The molecular weight excluding hydrogens is 186 g/mol. The van der Waals surface area contributed by atoms with Gasteiger partial charge >= 0.3 is 0 Å². The molecule has 1 rings (SSSR count). The van der Waals surface area contributed by atoms with Crippen molar-refractivity contribution in [2.45, 2.75) is 32.7 Å². The predicted octanol–water partition coefficient (Wildman–Crippen LogP) is 0.794. The van der Waals surface area contributed by atoms with Crippen LogP contribution in [0.3, 0.4) is 0 Å². The predicted molar refractivity (Wildman–Crippen MR) is 54.2 cm³/mol. The Labute approximate surface area is 80.6 Å². The van der Waals surface area contributed by atoms with Crippen molar-refractivity contribution in [2.24, 2.45) is 17.6 Å². The quantitative estimate of drug-likeness (QED) is 0.741. The van der Waals surface area contributed by atoms with Gasteiger partial charge in [0.25, 0.3) is 0 Å². The van der Waals surface area contributed by atoms with Crippen LogP contribution in [-0.2, 0) is 9.84 Å². The summed E-state index contributed by atoms with van der Waals surface area (Å²) >= 11 is 0. The maximum absolute atomic E-state index is 11.2. The molecule has 13 heavy (non-hydrogen) atoms. The normalized spacial score (nSPS) is 31.5. The molecule has 1 aliphatic rings. The molecule has 3 nitrogen and oxygen atoms in total. The summed E-state index contributed by atoms with van der Waals surface area (Å²) < 4.78 is 22.4. The van der Waals surface area contributed by atoms with Gasteiger partial charge in [0.1, 0.15) is 0 Å². The monoisotopic (exact) mass is 205 g/mol. The maximum atomic E-state index is 11.2. The van der Waals surface area contributed by atoms with Crippen molar-refractivity contribution in [1.29, 1.82) is 0 Å². The maximum Gasteiger partial charge on any atom is 0.150 e. The molecule has 1 heterocycles. The van der Waals surface area contributed by atoms with E-state index in [9.17, 15) is 8.42 Å². The molecule has 0 amide bonds. The summed E-state index contributed by atoms with van der Waals surface area (Å²) in [6.07, 6.45) is 1.73. The molecule has 0 aliphatic carbocycles. The molecule has 1 saturated heterocycles. The highest BCUT2D eigenvalue weighted by Crippen LogP contribution is 2.27. The van der Waals surface area contributed by atoms with Gasteiger partial charge in [0.2, 0.25) is 0 Å². The van der Waals surface area contributed by atoms with Gasteiger partial charge in [-0.25, -0.2) is 8.42 Å². The molecule has 3 unspecified atom stereocenters. The number of rotatable bonds is 3. The minimum absolute atomic E-state index is 0.151. The molecule has 1 aliphatic heterocycles. The Kier molecular flexibility index (Phi) is 3.35. The van der Waals surface area contributed by atoms with E-state index in [2.05, 4.69) is 6.92 Å². The second kappa shape index (κ2) is 3.96. The lowest BCUT2D eigenvalue weighted by Gasteiger charge is -2.23. The minimum atomic E-state index is -2.74. The van der Waals surface area contributed by atoms with E-state index in [0.717, 1.165) is 12.8 Å². The number of hydrogen-bond acceptors (Lipinski definition) is 3. The first-order valence-corrected chi connectivity index (χ1v) is 6.74. The molecule has 0 aromatic carbocycles. The second-order valence-electron chi connectivity index (χ2n) is 4.09. The molecule has 0 saturated carbocycles. The van der Waals surface area contributed by atoms with Crippen molar-refractivity contribution >= 4 is 9.84 Å². The van der Waals surface area contributed by atoms with Crippen molar-refractivity contribution in [1.82, 2.24) is 0 Å². The SMILES string of the molecule is CCC(N)C(C)C1CCS(=O)(=O)C1. The van der Waals surface area contributed by atoms with Gasteiger partial charge in [-0.1, -0.05) is 13.8 Å². The van der Waals surface area contributed by atoms with E-state index in [-0.39, 0.29) is 6.04 Å². The summed E-state index contributed by atoms with van der Waals surface area (Å²) in [5.41, 5.74) is 5.89. The van der Waals surface area contributed by atoms with E-state index in [4.69, 9.17) is 5.73 Å². The van der Waals surface area contributed by atoms with Crippen LogP contribution in [0.5, 0.6) is 0 Å². The van der Waals surface area contributed by atoms with Gasteiger partial charge in [0, 0.05) is 6.04 Å². The lowest BCUT2D eigenvalue weighted by Crippen LogP contribution is -2.33. The van der Waals surface area contributed by atoms with Gasteiger partial charge in [0.05, 0.1) is 11.5 Å². The molecule has 4 heteroatoms. The van der Waals surface area contributed by atoms with Gasteiger partial charge < -0.3 is 5.73 Å². The first kappa shape index (κ1) is 11.0. The highest BCUT2D eigenvalue weighted by atomic mass is 32.2. The standard InChI is InChI=1S/C9H19NO2S/c1-3-9(10)7(2)8-4-5-13(11,12)6-8/h7-9H,3-6,10H2,1-2H3. The van der Waals surface area contributed by atoms with Gasteiger partial charge in [-0.2, -0.15) is 0 Å². The van der Waals surface area contributed by atoms with Crippen molar-refractivity contribution in [2.75, 3.05) is 11.5 Å². The first-order valence-electron chi connectivity index (χ1n) is 4.92. The molecule has 3 atom stereocenters. The van der Waals surface area contributed by atoms with E-state index in [0.29, 0.717) is 23.3 Å². The molecule has 2 N–H and O–H groups in total. The molecule has 1 fully saturated rings. The fourth-order valence-corrected chi connectivity index (χ4v) is 3.91. The lowest BCUT2D eigenvalue weighted by molar-refractivity contribution is 0.324. The zero-order valence-electron chi connectivity index (χ0n) is 8.36. The topological polar surface area (TPSA) is 60.2 Å². The van der Waals surface area contributed by atoms with Crippen molar-refractivity contribution in [3.05, 3.63) is 0 Å². The lowest BCUT2D eigenvalue weighted by atomic mass is 9.86. The van der Waals surface area contributed by atoms with Crippen LogP contribution >= 0.6 is 0 Å². The Morgan fingerprint density at radius 3 is 2.54 bits per heavy atom. The minimum Gasteiger partial charge on any atom is -0.327 e. The number of nitrogens with two attached hydrogens (primary N) is 1. The van der Waals surface area contributed by atoms with Crippen molar-refractivity contribution in [3.63, 3.8) is 0 Å². The third-order valence-corrected chi connectivity index (χ3v) is 4.95. The fourth-order valence-electron chi connectivity index (χ4n) is 1.96. The molecule has 0 spiro atoms. The van der Waals surface area contributed by atoms with Crippen LogP contribution in [0.1, 0.15) is 26.7 Å². The van der Waals surface area contributed by atoms with Gasteiger partial charge in [0.15, 0.2) is 9.84 Å². The summed E-state index contributed by atoms with van der Waals surface area (Å²) in [4.78, 5) is 0. The van der Waals surface area contributed by atoms with E-state index < -0.39 is 9.84 Å². The number of sulfone groups is 1. The summed E-state index contributed by atoms with van der Waals surface area (Å²) in [5.74, 6) is 1.34. The van der Waals surface area contributed by atoms with E-state index in [1.807, 2.05) is 6.92 Å². The largest absolute Gasteiger partial charge is 0.327 e. The average Bonchev–Trinajstić information content (AvgIpc) is 2.43. The van der Waals surface area contributed by atoms with E-state index in [1.54, 1.807) is 0 Å². The van der Waals surface area contributed by atoms with E-state index >= 15 is 0 Å². The Hall–Kier alpha value is -0.0900. The highest BCUT2D eigenvalue weighted by Gasteiger charge is 2.33. The molecule has 0 bridgehead atoms. The summed E-state index contributed by atoms with van der Waals surface area (Å²) in [6, 6.07) is 0.151. The van der Waals surface area contributed by atoms with Crippen LogP contribution in [0.25, 0.3) is 0 Å². The second-order valence-corrected chi connectivity index (χ2v) is 6.32. The first-order chi connectivity index (χ1) is 5.96. The highest BCUT2D eigenvalue weighted by molar-refractivity contribution is 7.91. The van der Waals surface area contributed by atoms with Gasteiger partial charge in [-0.3, -0.25) is 0 Å².